The predicted octanol–water partition coefficient (Wildman–Crippen LogP) is 3.34. The third-order valence-corrected chi connectivity index (χ3v) is 5.77. The standard InChI is InChI=1S/C24H28FN3O2/c25-21-5-3-4-19(14-21)16-28(22-10-11-22)17-23(29)26-15-18-6-8-20(9-7-18)24(30)27-12-1-2-13-27/h3-9,14,22H,1-2,10-13,15-17H2,(H,26,29). The number of hydrogen-bond donors (Lipinski definition) is 1. The lowest BCUT2D eigenvalue weighted by Crippen LogP contribution is -2.37. The molecule has 1 heterocycles. The third-order valence-electron chi connectivity index (χ3n) is 5.77. The summed E-state index contributed by atoms with van der Waals surface area (Å²) in [5.74, 6) is -0.213. The minimum atomic E-state index is -0.251. The normalized spacial score (nSPS) is 16.1. The molecule has 0 unspecified atom stereocenters. The number of rotatable bonds is 8. The Morgan fingerprint density at radius 2 is 1.77 bits per heavy atom. The Labute approximate surface area is 176 Å². The third kappa shape index (κ3) is 5.45. The van der Waals surface area contributed by atoms with E-state index in [1.54, 1.807) is 6.07 Å². The average molecular weight is 410 g/mol. The van der Waals surface area contributed by atoms with Gasteiger partial charge < -0.3 is 10.2 Å². The molecule has 0 radical (unpaired) electrons. The summed E-state index contributed by atoms with van der Waals surface area (Å²) in [5, 5.41) is 2.96. The zero-order chi connectivity index (χ0) is 20.9. The second kappa shape index (κ2) is 9.39. The van der Waals surface area contributed by atoms with Gasteiger partial charge in [-0.2, -0.15) is 0 Å². The quantitative estimate of drug-likeness (QED) is 0.728. The highest BCUT2D eigenvalue weighted by Gasteiger charge is 2.30. The number of carbonyl (C=O) groups is 2. The fourth-order valence-corrected chi connectivity index (χ4v) is 3.93. The van der Waals surface area contributed by atoms with Gasteiger partial charge in [0.2, 0.25) is 5.91 Å². The molecule has 1 saturated heterocycles. The maximum absolute atomic E-state index is 13.4. The van der Waals surface area contributed by atoms with E-state index in [1.165, 1.54) is 12.1 Å². The number of amides is 2. The molecule has 0 aromatic heterocycles. The van der Waals surface area contributed by atoms with Gasteiger partial charge in [-0.05, 0) is 61.1 Å². The van der Waals surface area contributed by atoms with E-state index in [4.69, 9.17) is 0 Å². The van der Waals surface area contributed by atoms with Crippen molar-refractivity contribution in [3.63, 3.8) is 0 Å². The van der Waals surface area contributed by atoms with Gasteiger partial charge in [0.15, 0.2) is 0 Å². The summed E-state index contributed by atoms with van der Waals surface area (Å²) in [6.07, 6.45) is 4.31. The zero-order valence-electron chi connectivity index (χ0n) is 17.1. The number of carbonyl (C=O) groups excluding carboxylic acids is 2. The van der Waals surface area contributed by atoms with Gasteiger partial charge in [0.1, 0.15) is 5.82 Å². The molecule has 2 fully saturated rings. The summed E-state index contributed by atoms with van der Waals surface area (Å²) in [7, 11) is 0. The maximum atomic E-state index is 13.4. The first-order valence-corrected chi connectivity index (χ1v) is 10.7. The highest BCUT2D eigenvalue weighted by molar-refractivity contribution is 5.94. The molecule has 1 N–H and O–H groups in total. The van der Waals surface area contributed by atoms with Gasteiger partial charge in [-0.25, -0.2) is 4.39 Å². The summed E-state index contributed by atoms with van der Waals surface area (Å²) < 4.78 is 13.4. The van der Waals surface area contributed by atoms with E-state index < -0.39 is 0 Å². The van der Waals surface area contributed by atoms with Crippen molar-refractivity contribution in [2.24, 2.45) is 0 Å². The molecule has 1 saturated carbocycles. The Kier molecular flexibility index (Phi) is 6.43. The monoisotopic (exact) mass is 409 g/mol. The molecular formula is C24H28FN3O2. The van der Waals surface area contributed by atoms with Crippen molar-refractivity contribution in [2.75, 3.05) is 19.6 Å². The predicted molar refractivity (Wildman–Crippen MR) is 113 cm³/mol. The van der Waals surface area contributed by atoms with Gasteiger partial charge in [0, 0.05) is 37.8 Å². The number of halogens is 1. The Morgan fingerprint density at radius 3 is 2.43 bits per heavy atom. The van der Waals surface area contributed by atoms with Crippen LogP contribution in [0.25, 0.3) is 0 Å². The molecule has 30 heavy (non-hydrogen) atoms. The van der Waals surface area contributed by atoms with Crippen LogP contribution in [0.15, 0.2) is 48.5 Å². The first-order valence-electron chi connectivity index (χ1n) is 10.7. The van der Waals surface area contributed by atoms with E-state index in [9.17, 15) is 14.0 Å². The fraction of sp³-hybridized carbons (Fsp3) is 0.417. The van der Waals surface area contributed by atoms with Crippen LogP contribution in [0.1, 0.15) is 47.2 Å². The average Bonchev–Trinajstić information content (AvgIpc) is 3.45. The van der Waals surface area contributed by atoms with Crippen LogP contribution in [0.4, 0.5) is 4.39 Å². The molecule has 4 rings (SSSR count). The fourth-order valence-electron chi connectivity index (χ4n) is 3.93. The summed E-state index contributed by atoms with van der Waals surface area (Å²) >= 11 is 0. The molecule has 2 amide bonds. The van der Waals surface area contributed by atoms with Crippen molar-refractivity contribution >= 4 is 11.8 Å². The van der Waals surface area contributed by atoms with Crippen molar-refractivity contribution in [3.8, 4) is 0 Å². The van der Waals surface area contributed by atoms with E-state index in [0.717, 1.165) is 49.9 Å². The summed E-state index contributed by atoms with van der Waals surface area (Å²) in [5.41, 5.74) is 2.54. The lowest BCUT2D eigenvalue weighted by atomic mass is 10.1. The first-order chi connectivity index (χ1) is 14.6. The zero-order valence-corrected chi connectivity index (χ0v) is 17.1. The molecule has 2 aliphatic rings. The molecule has 0 spiro atoms. The number of benzene rings is 2. The van der Waals surface area contributed by atoms with Crippen molar-refractivity contribution in [1.29, 1.82) is 0 Å². The highest BCUT2D eigenvalue weighted by atomic mass is 19.1. The van der Waals surface area contributed by atoms with Crippen LogP contribution >= 0.6 is 0 Å². The van der Waals surface area contributed by atoms with Crippen molar-refractivity contribution in [3.05, 3.63) is 71.0 Å². The molecule has 1 aliphatic carbocycles. The molecule has 1 aliphatic heterocycles. The maximum Gasteiger partial charge on any atom is 0.253 e. The number of hydrogen-bond acceptors (Lipinski definition) is 3. The largest absolute Gasteiger partial charge is 0.351 e. The lowest BCUT2D eigenvalue weighted by Gasteiger charge is -2.21. The van der Waals surface area contributed by atoms with E-state index >= 15 is 0 Å². The number of nitrogens with one attached hydrogen (secondary N) is 1. The van der Waals surface area contributed by atoms with E-state index in [1.807, 2.05) is 35.2 Å². The molecule has 2 aromatic rings. The van der Waals surface area contributed by atoms with Crippen LogP contribution < -0.4 is 5.32 Å². The molecule has 0 atom stereocenters. The van der Waals surface area contributed by atoms with Gasteiger partial charge in [-0.15, -0.1) is 0 Å². The highest BCUT2D eigenvalue weighted by Crippen LogP contribution is 2.28. The lowest BCUT2D eigenvalue weighted by molar-refractivity contribution is -0.122. The second-order valence-corrected chi connectivity index (χ2v) is 8.24. The van der Waals surface area contributed by atoms with E-state index in [2.05, 4.69) is 10.2 Å². The van der Waals surface area contributed by atoms with Crippen molar-refractivity contribution in [2.45, 2.75) is 44.8 Å². The van der Waals surface area contributed by atoms with Crippen LogP contribution in [0, 0.1) is 5.82 Å². The Bertz CT molecular complexity index is 890. The van der Waals surface area contributed by atoms with E-state index in [0.29, 0.717) is 31.2 Å². The van der Waals surface area contributed by atoms with Crippen LogP contribution in [0.5, 0.6) is 0 Å². The topological polar surface area (TPSA) is 52.7 Å². The minimum absolute atomic E-state index is 0.0458. The molecule has 0 bridgehead atoms. The van der Waals surface area contributed by atoms with Gasteiger partial charge in [-0.1, -0.05) is 24.3 Å². The molecule has 158 valence electrons. The van der Waals surface area contributed by atoms with Crippen LogP contribution in [-0.4, -0.2) is 47.3 Å². The smallest absolute Gasteiger partial charge is 0.253 e. The Balaban J connectivity index is 1.27. The Morgan fingerprint density at radius 1 is 1.03 bits per heavy atom. The van der Waals surface area contributed by atoms with Gasteiger partial charge in [0.25, 0.3) is 5.91 Å². The summed E-state index contributed by atoms with van der Waals surface area (Å²) in [6, 6.07) is 14.4. The minimum Gasteiger partial charge on any atom is -0.351 e. The van der Waals surface area contributed by atoms with Gasteiger partial charge >= 0.3 is 0 Å². The van der Waals surface area contributed by atoms with Gasteiger partial charge in [-0.3, -0.25) is 14.5 Å². The van der Waals surface area contributed by atoms with Crippen LogP contribution in [-0.2, 0) is 17.9 Å². The number of nitrogens with zero attached hydrogens (tertiary/aromatic N) is 2. The van der Waals surface area contributed by atoms with Crippen molar-refractivity contribution in [1.82, 2.24) is 15.1 Å². The van der Waals surface area contributed by atoms with E-state index in [-0.39, 0.29) is 17.6 Å². The first kappa shape index (κ1) is 20.5. The van der Waals surface area contributed by atoms with Crippen LogP contribution in [0.2, 0.25) is 0 Å². The molecule has 2 aromatic carbocycles. The SMILES string of the molecule is O=C(CN(Cc1cccc(F)c1)C1CC1)NCc1ccc(C(=O)N2CCCC2)cc1. The molecule has 5 nitrogen and oxygen atoms in total. The molecule has 6 heteroatoms. The molecular weight excluding hydrogens is 381 g/mol. The van der Waals surface area contributed by atoms with Crippen molar-refractivity contribution < 1.29 is 14.0 Å². The summed E-state index contributed by atoms with van der Waals surface area (Å²) in [4.78, 5) is 28.9. The number of likely N-dealkylation sites (tertiary alicyclic amines) is 1. The van der Waals surface area contributed by atoms with Gasteiger partial charge in [0.05, 0.1) is 6.54 Å². The Hall–Kier alpha value is -2.73. The summed E-state index contributed by atoms with van der Waals surface area (Å²) in [6.45, 7) is 2.97. The second-order valence-electron chi connectivity index (χ2n) is 8.24. The van der Waals surface area contributed by atoms with Crippen LogP contribution in [0.3, 0.4) is 0 Å².